The molecular formula is C17H28N2O2. The van der Waals surface area contributed by atoms with Gasteiger partial charge in [-0.1, -0.05) is 18.2 Å². The van der Waals surface area contributed by atoms with E-state index in [1.807, 2.05) is 12.1 Å². The zero-order valence-corrected chi connectivity index (χ0v) is 13.3. The van der Waals surface area contributed by atoms with Crippen LogP contribution in [0.1, 0.15) is 25.8 Å². The molecule has 1 N–H and O–H groups in total. The Morgan fingerprint density at radius 2 is 2.00 bits per heavy atom. The van der Waals surface area contributed by atoms with Crippen LogP contribution in [0.4, 0.5) is 0 Å². The number of nitrogens with one attached hydrogen (secondary N) is 1. The van der Waals surface area contributed by atoms with Crippen LogP contribution in [0.15, 0.2) is 24.3 Å². The maximum Gasteiger partial charge on any atom is 0.124 e. The van der Waals surface area contributed by atoms with Crippen molar-refractivity contribution in [3.8, 4) is 5.75 Å². The minimum atomic E-state index is 0.215. The molecule has 1 aliphatic heterocycles. The Labute approximate surface area is 128 Å². The first-order valence-corrected chi connectivity index (χ1v) is 8.01. The van der Waals surface area contributed by atoms with Gasteiger partial charge in [0, 0.05) is 25.2 Å². The summed E-state index contributed by atoms with van der Waals surface area (Å²) >= 11 is 0. The van der Waals surface area contributed by atoms with Gasteiger partial charge in [-0.15, -0.1) is 0 Å². The van der Waals surface area contributed by atoms with E-state index in [9.17, 15) is 0 Å². The fourth-order valence-corrected chi connectivity index (χ4v) is 2.49. The number of para-hydroxylation sites is 1. The first kappa shape index (κ1) is 16.3. The number of nitrogens with zero attached hydrogens (tertiary/aromatic N) is 1. The van der Waals surface area contributed by atoms with Crippen molar-refractivity contribution in [2.75, 3.05) is 39.4 Å². The highest BCUT2D eigenvalue weighted by molar-refractivity contribution is 5.33. The summed E-state index contributed by atoms with van der Waals surface area (Å²) in [5, 5.41) is 3.52. The molecule has 4 nitrogen and oxygen atoms in total. The minimum absolute atomic E-state index is 0.215. The second kappa shape index (κ2) is 9.03. The molecule has 0 aliphatic carbocycles. The van der Waals surface area contributed by atoms with E-state index in [2.05, 4.69) is 36.2 Å². The summed E-state index contributed by atoms with van der Waals surface area (Å²) in [6, 6.07) is 8.27. The number of morpholine rings is 1. The Kier molecular flexibility index (Phi) is 7.00. The zero-order chi connectivity index (χ0) is 14.9. The standard InChI is InChI=1S/C17H28N2O2/c1-15(2)21-17-7-4-3-6-16(17)14-18-8-5-9-19-10-12-20-13-11-19/h3-4,6-7,15,18H,5,8-14H2,1-2H3. The SMILES string of the molecule is CC(C)Oc1ccccc1CNCCCN1CCOCC1. The molecule has 0 amide bonds. The van der Waals surface area contributed by atoms with E-state index >= 15 is 0 Å². The van der Waals surface area contributed by atoms with Crippen LogP contribution in [0.25, 0.3) is 0 Å². The third-order valence-corrected chi connectivity index (χ3v) is 3.58. The van der Waals surface area contributed by atoms with Crippen molar-refractivity contribution in [3.05, 3.63) is 29.8 Å². The molecule has 21 heavy (non-hydrogen) atoms. The van der Waals surface area contributed by atoms with E-state index in [0.717, 1.165) is 51.7 Å². The summed E-state index contributed by atoms with van der Waals surface area (Å²) in [5.74, 6) is 0.994. The molecule has 0 aromatic heterocycles. The number of hydrogen-bond donors (Lipinski definition) is 1. The fraction of sp³-hybridized carbons (Fsp3) is 0.647. The highest BCUT2D eigenvalue weighted by Crippen LogP contribution is 2.18. The summed E-state index contributed by atoms with van der Waals surface area (Å²) in [4.78, 5) is 2.47. The molecule has 1 fully saturated rings. The predicted octanol–water partition coefficient (Wildman–Crippen LogP) is 2.29. The molecule has 0 unspecified atom stereocenters. The number of benzene rings is 1. The van der Waals surface area contributed by atoms with Gasteiger partial charge < -0.3 is 14.8 Å². The lowest BCUT2D eigenvalue weighted by Gasteiger charge is -2.26. The molecule has 0 spiro atoms. The Balaban J connectivity index is 1.66. The lowest BCUT2D eigenvalue weighted by molar-refractivity contribution is 0.0374. The van der Waals surface area contributed by atoms with Gasteiger partial charge in [0.05, 0.1) is 19.3 Å². The fourth-order valence-electron chi connectivity index (χ4n) is 2.49. The lowest BCUT2D eigenvalue weighted by atomic mass is 10.2. The summed E-state index contributed by atoms with van der Waals surface area (Å²) in [5.41, 5.74) is 1.23. The summed E-state index contributed by atoms with van der Waals surface area (Å²) in [7, 11) is 0. The Morgan fingerprint density at radius 3 is 2.76 bits per heavy atom. The summed E-state index contributed by atoms with van der Waals surface area (Å²) in [6.07, 6.45) is 1.39. The quantitative estimate of drug-likeness (QED) is 0.745. The first-order valence-electron chi connectivity index (χ1n) is 8.01. The van der Waals surface area contributed by atoms with Crippen LogP contribution in [0.3, 0.4) is 0 Å². The monoisotopic (exact) mass is 292 g/mol. The van der Waals surface area contributed by atoms with Gasteiger partial charge in [-0.2, -0.15) is 0 Å². The molecule has 1 aromatic carbocycles. The normalized spacial score (nSPS) is 16.3. The Hall–Kier alpha value is -1.10. The van der Waals surface area contributed by atoms with Crippen molar-refractivity contribution in [3.63, 3.8) is 0 Å². The molecule has 0 radical (unpaired) electrons. The summed E-state index contributed by atoms with van der Waals surface area (Å²) < 4.78 is 11.2. The first-order chi connectivity index (χ1) is 10.3. The van der Waals surface area contributed by atoms with Gasteiger partial charge in [0.15, 0.2) is 0 Å². The van der Waals surface area contributed by atoms with Crippen LogP contribution in [-0.2, 0) is 11.3 Å². The van der Waals surface area contributed by atoms with Crippen molar-refractivity contribution < 1.29 is 9.47 Å². The highest BCUT2D eigenvalue weighted by Gasteiger charge is 2.09. The van der Waals surface area contributed by atoms with Crippen molar-refractivity contribution in [2.24, 2.45) is 0 Å². The van der Waals surface area contributed by atoms with Crippen LogP contribution in [-0.4, -0.2) is 50.4 Å². The van der Waals surface area contributed by atoms with Gasteiger partial charge in [-0.25, -0.2) is 0 Å². The van der Waals surface area contributed by atoms with Crippen LogP contribution >= 0.6 is 0 Å². The third kappa shape index (κ3) is 6.04. The average Bonchev–Trinajstić information content (AvgIpc) is 2.49. The molecule has 4 heteroatoms. The second-order valence-corrected chi connectivity index (χ2v) is 5.76. The van der Waals surface area contributed by atoms with Crippen molar-refractivity contribution in [2.45, 2.75) is 32.9 Å². The minimum Gasteiger partial charge on any atom is -0.491 e. The molecule has 1 aliphatic rings. The van der Waals surface area contributed by atoms with Crippen molar-refractivity contribution in [1.29, 1.82) is 0 Å². The molecule has 0 atom stereocenters. The third-order valence-electron chi connectivity index (χ3n) is 3.58. The van der Waals surface area contributed by atoms with Crippen LogP contribution in [0, 0.1) is 0 Å². The number of hydrogen-bond acceptors (Lipinski definition) is 4. The molecular weight excluding hydrogens is 264 g/mol. The summed E-state index contributed by atoms with van der Waals surface area (Å²) in [6.45, 7) is 11.1. The molecule has 1 saturated heterocycles. The smallest absolute Gasteiger partial charge is 0.124 e. The Bertz CT molecular complexity index is 404. The maximum atomic E-state index is 5.84. The van der Waals surface area contributed by atoms with Gasteiger partial charge in [-0.3, -0.25) is 4.90 Å². The molecule has 2 rings (SSSR count). The van der Waals surface area contributed by atoms with E-state index < -0.39 is 0 Å². The van der Waals surface area contributed by atoms with Crippen LogP contribution < -0.4 is 10.1 Å². The Morgan fingerprint density at radius 1 is 1.24 bits per heavy atom. The maximum absolute atomic E-state index is 5.84. The van der Waals surface area contributed by atoms with Crippen LogP contribution in [0.2, 0.25) is 0 Å². The van der Waals surface area contributed by atoms with E-state index in [1.165, 1.54) is 12.0 Å². The van der Waals surface area contributed by atoms with Crippen molar-refractivity contribution in [1.82, 2.24) is 10.2 Å². The van der Waals surface area contributed by atoms with Gasteiger partial charge in [0.25, 0.3) is 0 Å². The number of rotatable bonds is 8. The van der Waals surface area contributed by atoms with E-state index in [1.54, 1.807) is 0 Å². The average molecular weight is 292 g/mol. The van der Waals surface area contributed by atoms with Crippen LogP contribution in [0.5, 0.6) is 5.75 Å². The van der Waals surface area contributed by atoms with Gasteiger partial charge in [-0.05, 0) is 39.4 Å². The molecule has 0 bridgehead atoms. The van der Waals surface area contributed by atoms with Gasteiger partial charge in [0.2, 0.25) is 0 Å². The van der Waals surface area contributed by atoms with Gasteiger partial charge >= 0.3 is 0 Å². The topological polar surface area (TPSA) is 33.7 Å². The predicted molar refractivity (Wildman–Crippen MR) is 85.8 cm³/mol. The largest absolute Gasteiger partial charge is 0.491 e. The second-order valence-electron chi connectivity index (χ2n) is 5.76. The highest BCUT2D eigenvalue weighted by atomic mass is 16.5. The molecule has 118 valence electrons. The number of ether oxygens (including phenoxy) is 2. The zero-order valence-electron chi connectivity index (χ0n) is 13.3. The lowest BCUT2D eigenvalue weighted by Crippen LogP contribution is -2.37. The van der Waals surface area contributed by atoms with E-state index in [0.29, 0.717) is 0 Å². The molecule has 1 aromatic rings. The van der Waals surface area contributed by atoms with E-state index in [4.69, 9.17) is 9.47 Å². The van der Waals surface area contributed by atoms with E-state index in [-0.39, 0.29) is 6.10 Å². The molecule has 1 heterocycles. The van der Waals surface area contributed by atoms with Gasteiger partial charge in [0.1, 0.15) is 5.75 Å². The molecule has 0 saturated carbocycles. The van der Waals surface area contributed by atoms with Crippen molar-refractivity contribution >= 4 is 0 Å².